The van der Waals surface area contributed by atoms with Gasteiger partial charge in [0, 0.05) is 5.92 Å². The molecule has 0 aromatic rings. The lowest BCUT2D eigenvalue weighted by atomic mass is 9.90. The van der Waals surface area contributed by atoms with E-state index in [2.05, 4.69) is 26.8 Å². The highest BCUT2D eigenvalue weighted by Gasteiger charge is 2.43. The summed E-state index contributed by atoms with van der Waals surface area (Å²) >= 11 is 0. The van der Waals surface area contributed by atoms with Gasteiger partial charge in [-0.25, -0.2) is 0 Å². The maximum Gasteiger partial charge on any atom is 0.154 e. The zero-order chi connectivity index (χ0) is 9.35. The van der Waals surface area contributed by atoms with Crippen LogP contribution in [0.15, 0.2) is 0 Å². The summed E-state index contributed by atoms with van der Waals surface area (Å²) in [6.45, 7) is 8.26. The lowest BCUT2D eigenvalue weighted by Crippen LogP contribution is -2.28. The van der Waals surface area contributed by atoms with Crippen molar-refractivity contribution in [3.05, 3.63) is 0 Å². The van der Waals surface area contributed by atoms with Gasteiger partial charge in [0.25, 0.3) is 0 Å². The topological polar surface area (TPSA) is 33.0 Å². The highest BCUT2D eigenvalue weighted by atomic mass is 16.5. The second-order valence-electron chi connectivity index (χ2n) is 4.26. The van der Waals surface area contributed by atoms with Crippen molar-refractivity contribution in [2.45, 2.75) is 45.8 Å². The third-order valence-corrected chi connectivity index (χ3v) is 2.89. The largest absolute Gasteiger partial charge is 0.357 e. The summed E-state index contributed by atoms with van der Waals surface area (Å²) in [4.78, 5) is 0. The van der Waals surface area contributed by atoms with Gasteiger partial charge in [0.1, 0.15) is 0 Å². The molecule has 1 aliphatic rings. The van der Waals surface area contributed by atoms with E-state index in [-0.39, 0.29) is 6.10 Å². The first-order valence-corrected chi connectivity index (χ1v) is 4.58. The molecule has 0 aromatic heterocycles. The SMILES string of the molecule is CC(C)C1CC(C)C(C)(C#N)O1. The Balaban J connectivity index is 2.70. The molecular weight excluding hydrogens is 150 g/mol. The van der Waals surface area contributed by atoms with E-state index in [0.29, 0.717) is 11.8 Å². The predicted octanol–water partition coefficient (Wildman–Crippen LogP) is 2.35. The molecule has 2 heteroatoms. The Morgan fingerprint density at radius 3 is 2.42 bits per heavy atom. The van der Waals surface area contributed by atoms with Crippen molar-refractivity contribution in [2.24, 2.45) is 11.8 Å². The van der Waals surface area contributed by atoms with Crippen LogP contribution in [-0.2, 0) is 4.74 Å². The van der Waals surface area contributed by atoms with E-state index in [4.69, 9.17) is 10.00 Å². The highest BCUT2D eigenvalue weighted by Crippen LogP contribution is 2.37. The second kappa shape index (κ2) is 3.06. The number of hydrogen-bond acceptors (Lipinski definition) is 2. The summed E-state index contributed by atoms with van der Waals surface area (Å²) in [5.41, 5.74) is -0.547. The predicted molar refractivity (Wildman–Crippen MR) is 47.5 cm³/mol. The average Bonchev–Trinajstić information content (AvgIpc) is 2.30. The molecule has 0 spiro atoms. The molecule has 0 N–H and O–H groups in total. The number of hydrogen-bond donors (Lipinski definition) is 0. The van der Waals surface area contributed by atoms with Crippen molar-refractivity contribution in [1.82, 2.24) is 0 Å². The number of rotatable bonds is 1. The van der Waals surface area contributed by atoms with Gasteiger partial charge in [-0.15, -0.1) is 0 Å². The fraction of sp³-hybridized carbons (Fsp3) is 0.900. The van der Waals surface area contributed by atoms with Crippen molar-refractivity contribution in [3.8, 4) is 6.07 Å². The minimum absolute atomic E-state index is 0.268. The third kappa shape index (κ3) is 1.47. The molecule has 0 radical (unpaired) electrons. The molecule has 1 heterocycles. The number of nitrogens with zero attached hydrogens (tertiary/aromatic N) is 1. The maximum absolute atomic E-state index is 8.92. The van der Waals surface area contributed by atoms with Crippen LogP contribution in [0, 0.1) is 23.2 Å². The van der Waals surface area contributed by atoms with Gasteiger partial charge in [0.05, 0.1) is 12.2 Å². The molecule has 1 fully saturated rings. The molecule has 3 atom stereocenters. The number of nitriles is 1. The molecule has 0 aliphatic carbocycles. The van der Waals surface area contributed by atoms with Gasteiger partial charge in [0.2, 0.25) is 0 Å². The van der Waals surface area contributed by atoms with E-state index in [1.807, 2.05) is 6.92 Å². The van der Waals surface area contributed by atoms with Gasteiger partial charge in [-0.1, -0.05) is 20.8 Å². The van der Waals surface area contributed by atoms with Crippen LogP contribution in [0.2, 0.25) is 0 Å². The number of ether oxygens (including phenoxy) is 1. The van der Waals surface area contributed by atoms with E-state index in [1.54, 1.807) is 0 Å². The van der Waals surface area contributed by atoms with Gasteiger partial charge in [-0.2, -0.15) is 5.26 Å². The van der Waals surface area contributed by atoms with E-state index < -0.39 is 5.60 Å². The Hall–Kier alpha value is -0.550. The summed E-state index contributed by atoms with van der Waals surface area (Å²) in [5.74, 6) is 0.873. The Labute approximate surface area is 74.5 Å². The molecule has 2 nitrogen and oxygen atoms in total. The first-order valence-electron chi connectivity index (χ1n) is 4.58. The van der Waals surface area contributed by atoms with Crippen LogP contribution in [0.3, 0.4) is 0 Å². The molecule has 0 amide bonds. The summed E-state index contributed by atoms with van der Waals surface area (Å²) in [5, 5.41) is 8.92. The van der Waals surface area contributed by atoms with Crippen LogP contribution < -0.4 is 0 Å². The van der Waals surface area contributed by atoms with Gasteiger partial charge in [0.15, 0.2) is 5.60 Å². The van der Waals surface area contributed by atoms with Crippen molar-refractivity contribution >= 4 is 0 Å². The van der Waals surface area contributed by atoms with E-state index in [9.17, 15) is 0 Å². The molecule has 68 valence electrons. The third-order valence-electron chi connectivity index (χ3n) is 2.89. The van der Waals surface area contributed by atoms with Crippen LogP contribution in [0.1, 0.15) is 34.1 Å². The Bertz CT molecular complexity index is 206. The zero-order valence-electron chi connectivity index (χ0n) is 8.29. The standard InChI is InChI=1S/C10H17NO/c1-7(2)9-5-8(3)10(4,6-11)12-9/h7-9H,5H2,1-4H3. The minimum Gasteiger partial charge on any atom is -0.357 e. The quantitative estimate of drug-likeness (QED) is 0.600. The molecular formula is C10H17NO. The summed E-state index contributed by atoms with van der Waals surface area (Å²) in [7, 11) is 0. The van der Waals surface area contributed by atoms with Crippen LogP contribution in [0.25, 0.3) is 0 Å². The first kappa shape index (κ1) is 9.54. The lowest BCUT2D eigenvalue weighted by molar-refractivity contribution is -0.0210. The monoisotopic (exact) mass is 167 g/mol. The Morgan fingerprint density at radius 1 is 1.58 bits per heavy atom. The summed E-state index contributed by atoms with van der Waals surface area (Å²) in [6, 6.07) is 2.25. The fourth-order valence-corrected chi connectivity index (χ4v) is 1.60. The molecule has 1 aliphatic heterocycles. The molecule has 0 saturated carbocycles. The van der Waals surface area contributed by atoms with Gasteiger partial charge in [-0.05, 0) is 19.3 Å². The normalized spacial score (nSPS) is 41.7. The zero-order valence-corrected chi connectivity index (χ0v) is 8.29. The van der Waals surface area contributed by atoms with Crippen LogP contribution >= 0.6 is 0 Å². The minimum atomic E-state index is -0.547. The van der Waals surface area contributed by atoms with E-state index in [0.717, 1.165) is 6.42 Å². The van der Waals surface area contributed by atoms with Gasteiger partial charge in [-0.3, -0.25) is 0 Å². The Kier molecular flexibility index (Phi) is 2.44. The van der Waals surface area contributed by atoms with Gasteiger partial charge < -0.3 is 4.74 Å². The highest BCUT2D eigenvalue weighted by molar-refractivity contribution is 5.06. The molecule has 3 unspecified atom stereocenters. The maximum atomic E-state index is 8.92. The van der Waals surface area contributed by atoms with E-state index >= 15 is 0 Å². The second-order valence-corrected chi connectivity index (χ2v) is 4.26. The van der Waals surface area contributed by atoms with Crippen LogP contribution in [-0.4, -0.2) is 11.7 Å². The van der Waals surface area contributed by atoms with Crippen LogP contribution in [0.5, 0.6) is 0 Å². The Morgan fingerprint density at radius 2 is 2.17 bits per heavy atom. The molecule has 0 bridgehead atoms. The first-order chi connectivity index (χ1) is 5.49. The van der Waals surface area contributed by atoms with Crippen molar-refractivity contribution in [3.63, 3.8) is 0 Å². The molecule has 1 rings (SSSR count). The average molecular weight is 167 g/mol. The smallest absolute Gasteiger partial charge is 0.154 e. The molecule has 0 aromatic carbocycles. The van der Waals surface area contributed by atoms with Crippen molar-refractivity contribution in [2.75, 3.05) is 0 Å². The summed E-state index contributed by atoms with van der Waals surface area (Å²) in [6.07, 6.45) is 1.28. The van der Waals surface area contributed by atoms with Crippen molar-refractivity contribution in [1.29, 1.82) is 5.26 Å². The fourth-order valence-electron chi connectivity index (χ4n) is 1.60. The molecule has 1 saturated heterocycles. The van der Waals surface area contributed by atoms with Gasteiger partial charge >= 0.3 is 0 Å². The van der Waals surface area contributed by atoms with Crippen molar-refractivity contribution < 1.29 is 4.74 Å². The summed E-state index contributed by atoms with van der Waals surface area (Å²) < 4.78 is 5.71. The molecule has 12 heavy (non-hydrogen) atoms. The lowest BCUT2D eigenvalue weighted by Gasteiger charge is -2.20. The van der Waals surface area contributed by atoms with E-state index in [1.165, 1.54) is 0 Å². The van der Waals surface area contributed by atoms with Crippen LogP contribution in [0.4, 0.5) is 0 Å².